The fourth-order valence-electron chi connectivity index (χ4n) is 6.02. The molecule has 0 saturated heterocycles. The molecular formula is C32H67N. The van der Waals surface area contributed by atoms with Crippen molar-refractivity contribution in [3.05, 3.63) is 0 Å². The van der Waals surface area contributed by atoms with Crippen molar-refractivity contribution < 1.29 is 0 Å². The van der Waals surface area contributed by atoms with Gasteiger partial charge in [0.15, 0.2) is 0 Å². The topological polar surface area (TPSA) is 35.0 Å². The van der Waals surface area contributed by atoms with E-state index in [1.54, 1.807) is 6.42 Å². The highest BCUT2D eigenvalue weighted by atomic mass is 14.5. The van der Waals surface area contributed by atoms with Gasteiger partial charge in [0, 0.05) is 0 Å². The van der Waals surface area contributed by atoms with Gasteiger partial charge < -0.3 is 6.15 Å². The van der Waals surface area contributed by atoms with Crippen LogP contribution in [0, 0.1) is 17.3 Å². The standard InChI is InChI=1S/C32H64.H3N/c1-5-7-9-11-13-14-15-16-17-18-19-20-21-22-24-26-28-32(3,4)31-29-30(31)27-25-23-12-10-8-6-2;/h30-31H,5-29H2,1-4H3;1H3/t30-,31+;/m1./s1. The average molecular weight is 466 g/mol. The maximum Gasteiger partial charge on any atom is -0.0323 e. The third-order valence-corrected chi connectivity index (χ3v) is 8.53. The summed E-state index contributed by atoms with van der Waals surface area (Å²) in [5.74, 6) is 2.13. The zero-order chi connectivity index (χ0) is 23.3. The molecule has 1 aliphatic rings. The first-order valence-corrected chi connectivity index (χ1v) is 15.6. The Kier molecular flexibility index (Phi) is 22.4. The van der Waals surface area contributed by atoms with E-state index in [1.807, 2.05) is 0 Å². The smallest absolute Gasteiger partial charge is 0.0323 e. The third-order valence-electron chi connectivity index (χ3n) is 8.53. The first-order valence-electron chi connectivity index (χ1n) is 15.6. The van der Waals surface area contributed by atoms with Crippen molar-refractivity contribution in [3.63, 3.8) is 0 Å². The largest absolute Gasteiger partial charge is 0.344 e. The fraction of sp³-hybridized carbons (Fsp3) is 1.00. The van der Waals surface area contributed by atoms with Crippen molar-refractivity contribution >= 4 is 0 Å². The van der Waals surface area contributed by atoms with Crippen LogP contribution in [0.25, 0.3) is 0 Å². The van der Waals surface area contributed by atoms with Gasteiger partial charge in [0.2, 0.25) is 0 Å². The van der Waals surface area contributed by atoms with Crippen LogP contribution < -0.4 is 6.15 Å². The number of unbranched alkanes of at least 4 members (excludes halogenated alkanes) is 20. The molecule has 0 unspecified atom stereocenters. The molecule has 3 N–H and O–H groups in total. The van der Waals surface area contributed by atoms with Crippen molar-refractivity contribution in [3.8, 4) is 0 Å². The lowest BCUT2D eigenvalue weighted by Gasteiger charge is -2.25. The summed E-state index contributed by atoms with van der Waals surface area (Å²) in [6.45, 7) is 9.77. The Labute approximate surface area is 211 Å². The van der Waals surface area contributed by atoms with Gasteiger partial charge in [-0.15, -0.1) is 0 Å². The molecule has 200 valence electrons. The quantitative estimate of drug-likeness (QED) is 0.134. The molecule has 1 fully saturated rings. The summed E-state index contributed by atoms with van der Waals surface area (Å²) in [5, 5.41) is 0. The molecule has 0 bridgehead atoms. The van der Waals surface area contributed by atoms with E-state index in [0.29, 0.717) is 5.41 Å². The van der Waals surface area contributed by atoms with Gasteiger partial charge in [0.25, 0.3) is 0 Å². The van der Waals surface area contributed by atoms with Crippen LogP contribution >= 0.6 is 0 Å². The summed E-state index contributed by atoms with van der Waals surface area (Å²) in [5.41, 5.74) is 0.614. The molecule has 0 aromatic rings. The Morgan fingerprint density at radius 3 is 1.21 bits per heavy atom. The predicted molar refractivity (Wildman–Crippen MR) is 153 cm³/mol. The Bertz CT molecular complexity index is 388. The molecule has 33 heavy (non-hydrogen) atoms. The summed E-state index contributed by atoms with van der Waals surface area (Å²) < 4.78 is 0. The van der Waals surface area contributed by atoms with Gasteiger partial charge in [-0.3, -0.25) is 0 Å². The van der Waals surface area contributed by atoms with Gasteiger partial charge in [-0.05, 0) is 30.1 Å². The Hall–Kier alpha value is -0.0400. The molecule has 0 aromatic carbocycles. The van der Waals surface area contributed by atoms with E-state index in [2.05, 4.69) is 27.7 Å². The minimum absolute atomic E-state index is 0. The molecular weight excluding hydrogens is 398 g/mol. The van der Waals surface area contributed by atoms with Gasteiger partial charge in [-0.25, -0.2) is 0 Å². The summed E-state index contributed by atoms with van der Waals surface area (Å²) in [4.78, 5) is 0. The van der Waals surface area contributed by atoms with Crippen LogP contribution in [-0.2, 0) is 0 Å². The normalized spacial score (nSPS) is 17.8. The van der Waals surface area contributed by atoms with Crippen molar-refractivity contribution in [1.29, 1.82) is 0 Å². The van der Waals surface area contributed by atoms with Gasteiger partial charge in [-0.1, -0.05) is 175 Å². The van der Waals surface area contributed by atoms with Crippen molar-refractivity contribution in [2.45, 2.75) is 188 Å². The molecule has 0 amide bonds. The second-order valence-corrected chi connectivity index (χ2v) is 12.2. The van der Waals surface area contributed by atoms with E-state index in [4.69, 9.17) is 0 Å². The zero-order valence-corrected chi connectivity index (χ0v) is 24.0. The maximum atomic E-state index is 2.57. The molecule has 1 heteroatoms. The highest BCUT2D eigenvalue weighted by Gasteiger charge is 2.46. The number of rotatable bonds is 25. The highest BCUT2D eigenvalue weighted by molar-refractivity contribution is 4.95. The lowest BCUT2D eigenvalue weighted by Crippen LogP contribution is -2.15. The Morgan fingerprint density at radius 1 is 0.485 bits per heavy atom. The van der Waals surface area contributed by atoms with Crippen LogP contribution in [0.15, 0.2) is 0 Å². The molecule has 1 saturated carbocycles. The van der Waals surface area contributed by atoms with Gasteiger partial charge >= 0.3 is 0 Å². The van der Waals surface area contributed by atoms with Crippen LogP contribution in [0.5, 0.6) is 0 Å². The molecule has 1 nitrogen and oxygen atoms in total. The molecule has 1 rings (SSSR count). The lowest BCUT2D eigenvalue weighted by atomic mass is 9.80. The second kappa shape index (κ2) is 22.4. The van der Waals surface area contributed by atoms with Crippen molar-refractivity contribution in [2.24, 2.45) is 17.3 Å². The predicted octanol–water partition coefficient (Wildman–Crippen LogP) is 12.2. The van der Waals surface area contributed by atoms with Crippen LogP contribution in [0.4, 0.5) is 0 Å². The average Bonchev–Trinajstić information content (AvgIpc) is 3.56. The fourth-order valence-corrected chi connectivity index (χ4v) is 6.02. The number of hydrogen-bond acceptors (Lipinski definition) is 1. The van der Waals surface area contributed by atoms with Gasteiger partial charge in [0.1, 0.15) is 0 Å². The van der Waals surface area contributed by atoms with Crippen LogP contribution in [0.2, 0.25) is 0 Å². The Balaban J connectivity index is 0.0000102. The first kappa shape index (κ1) is 33.0. The van der Waals surface area contributed by atoms with E-state index < -0.39 is 0 Å². The summed E-state index contributed by atoms with van der Waals surface area (Å²) in [7, 11) is 0. The SMILES string of the molecule is CCCCCCCCCCCCCCCCCCC(C)(C)[C@H]1C[C@H]1CCCCCCCC.N. The molecule has 0 heterocycles. The third kappa shape index (κ3) is 18.9. The molecule has 1 aliphatic carbocycles. The van der Waals surface area contributed by atoms with E-state index in [9.17, 15) is 0 Å². The van der Waals surface area contributed by atoms with Crippen LogP contribution in [0.1, 0.15) is 188 Å². The van der Waals surface area contributed by atoms with Crippen LogP contribution in [0.3, 0.4) is 0 Å². The molecule has 0 spiro atoms. The van der Waals surface area contributed by atoms with E-state index in [1.165, 1.54) is 154 Å². The maximum absolute atomic E-state index is 2.57. The summed E-state index contributed by atoms with van der Waals surface area (Å²) in [6, 6.07) is 0. The van der Waals surface area contributed by atoms with Crippen LogP contribution in [-0.4, -0.2) is 0 Å². The van der Waals surface area contributed by atoms with E-state index in [-0.39, 0.29) is 6.15 Å². The minimum atomic E-state index is 0. The lowest BCUT2D eigenvalue weighted by molar-refractivity contribution is 0.253. The number of hydrogen-bond donors (Lipinski definition) is 1. The van der Waals surface area contributed by atoms with Gasteiger partial charge in [-0.2, -0.15) is 0 Å². The van der Waals surface area contributed by atoms with E-state index >= 15 is 0 Å². The summed E-state index contributed by atoms with van der Waals surface area (Å²) >= 11 is 0. The molecule has 0 radical (unpaired) electrons. The summed E-state index contributed by atoms with van der Waals surface area (Å²) in [6.07, 6.45) is 36.9. The minimum Gasteiger partial charge on any atom is -0.344 e. The molecule has 0 aliphatic heterocycles. The molecule has 2 atom stereocenters. The highest BCUT2D eigenvalue weighted by Crippen LogP contribution is 2.55. The first-order chi connectivity index (χ1) is 15.6. The molecule has 0 aromatic heterocycles. The van der Waals surface area contributed by atoms with Gasteiger partial charge in [0.05, 0.1) is 0 Å². The van der Waals surface area contributed by atoms with Crippen molar-refractivity contribution in [1.82, 2.24) is 6.15 Å². The second-order valence-electron chi connectivity index (χ2n) is 12.2. The van der Waals surface area contributed by atoms with Crippen molar-refractivity contribution in [2.75, 3.05) is 0 Å². The zero-order valence-electron chi connectivity index (χ0n) is 24.0. The Morgan fingerprint density at radius 2 is 0.818 bits per heavy atom. The van der Waals surface area contributed by atoms with E-state index in [0.717, 1.165) is 11.8 Å². The monoisotopic (exact) mass is 466 g/mol.